The molecule has 0 aromatic heterocycles. The molecule has 0 aliphatic carbocycles. The van der Waals surface area contributed by atoms with Gasteiger partial charge in [0.1, 0.15) is 12.4 Å². The average molecular weight is 474 g/mol. The highest BCUT2D eigenvalue weighted by Crippen LogP contribution is 2.45. The summed E-state index contributed by atoms with van der Waals surface area (Å²) in [6.07, 6.45) is 1.03. The van der Waals surface area contributed by atoms with Gasteiger partial charge in [-0.3, -0.25) is 4.79 Å². The smallest absolute Gasteiger partial charge is 0.338 e. The van der Waals surface area contributed by atoms with Crippen molar-refractivity contribution in [2.24, 2.45) is 4.99 Å². The molecular weight excluding hydrogens is 442 g/mol. The molecule has 178 valence electrons. The van der Waals surface area contributed by atoms with Crippen LogP contribution in [0, 0.1) is 0 Å². The summed E-state index contributed by atoms with van der Waals surface area (Å²) in [6.45, 7) is 6.25. The van der Waals surface area contributed by atoms with Crippen molar-refractivity contribution in [2.45, 2.75) is 45.7 Å². The van der Waals surface area contributed by atoms with Crippen molar-refractivity contribution >= 4 is 28.8 Å². The Morgan fingerprint density at radius 1 is 1.27 bits per heavy atom. The number of methoxy groups -OCH3 is 2. The summed E-state index contributed by atoms with van der Waals surface area (Å²) in [6, 6.07) is 7.15. The van der Waals surface area contributed by atoms with Crippen molar-refractivity contribution in [3.05, 3.63) is 52.2 Å². The molecular formula is C24H31N3O5S. The molecule has 0 spiro atoms. The van der Waals surface area contributed by atoms with E-state index in [0.717, 1.165) is 22.8 Å². The van der Waals surface area contributed by atoms with Crippen LogP contribution in [0.4, 0.5) is 0 Å². The van der Waals surface area contributed by atoms with Gasteiger partial charge in [-0.25, -0.2) is 9.79 Å². The van der Waals surface area contributed by atoms with Crippen LogP contribution in [0.2, 0.25) is 0 Å². The van der Waals surface area contributed by atoms with Crippen molar-refractivity contribution in [3.8, 4) is 5.75 Å². The SMILES string of the molecule is CC[C@@H](C)NC(=O)CC1=CSC2=NC(C)=C(C(=O)OCCOC)[C@@H](c3cccc(OC)c3)N12. The van der Waals surface area contributed by atoms with E-state index >= 15 is 0 Å². The molecule has 2 aliphatic rings. The van der Waals surface area contributed by atoms with Gasteiger partial charge in [-0.15, -0.1) is 0 Å². The topological polar surface area (TPSA) is 89.5 Å². The predicted octanol–water partition coefficient (Wildman–Crippen LogP) is 3.76. The van der Waals surface area contributed by atoms with Gasteiger partial charge >= 0.3 is 5.97 Å². The molecule has 0 saturated heterocycles. The third-order valence-electron chi connectivity index (χ3n) is 5.51. The number of amidine groups is 1. The van der Waals surface area contributed by atoms with Crippen LogP contribution in [0.5, 0.6) is 5.75 Å². The first-order valence-electron chi connectivity index (χ1n) is 10.9. The number of fused-ring (bicyclic) bond motifs is 1. The predicted molar refractivity (Wildman–Crippen MR) is 129 cm³/mol. The van der Waals surface area contributed by atoms with Crippen LogP contribution in [0.15, 0.2) is 51.6 Å². The molecule has 8 nitrogen and oxygen atoms in total. The van der Waals surface area contributed by atoms with E-state index in [4.69, 9.17) is 14.2 Å². The molecule has 1 N–H and O–H groups in total. The lowest BCUT2D eigenvalue weighted by molar-refractivity contribution is -0.141. The Morgan fingerprint density at radius 3 is 2.76 bits per heavy atom. The lowest BCUT2D eigenvalue weighted by atomic mass is 9.93. The normalized spacial score (nSPS) is 18.3. The summed E-state index contributed by atoms with van der Waals surface area (Å²) in [5.74, 6) is 0.144. The van der Waals surface area contributed by atoms with Crippen molar-refractivity contribution in [3.63, 3.8) is 0 Å². The van der Waals surface area contributed by atoms with Crippen LogP contribution in [0.3, 0.4) is 0 Å². The minimum atomic E-state index is -0.500. The maximum Gasteiger partial charge on any atom is 0.338 e. The zero-order chi connectivity index (χ0) is 24.0. The summed E-state index contributed by atoms with van der Waals surface area (Å²) in [5.41, 5.74) is 2.64. The molecule has 3 rings (SSSR count). The first kappa shape index (κ1) is 24.9. The number of nitrogens with one attached hydrogen (secondary N) is 1. The van der Waals surface area contributed by atoms with Gasteiger partial charge in [0.15, 0.2) is 5.17 Å². The summed E-state index contributed by atoms with van der Waals surface area (Å²) in [7, 11) is 3.15. The summed E-state index contributed by atoms with van der Waals surface area (Å²) in [5, 5.41) is 5.66. The molecule has 1 amide bonds. The van der Waals surface area contributed by atoms with Gasteiger partial charge < -0.3 is 24.4 Å². The van der Waals surface area contributed by atoms with E-state index < -0.39 is 12.0 Å². The lowest BCUT2D eigenvalue weighted by Crippen LogP contribution is -2.39. The van der Waals surface area contributed by atoms with E-state index in [9.17, 15) is 9.59 Å². The first-order chi connectivity index (χ1) is 15.9. The van der Waals surface area contributed by atoms with Crippen molar-refractivity contribution < 1.29 is 23.8 Å². The third-order valence-corrected chi connectivity index (χ3v) is 6.40. The molecule has 33 heavy (non-hydrogen) atoms. The van der Waals surface area contributed by atoms with Crippen LogP contribution in [-0.2, 0) is 19.1 Å². The van der Waals surface area contributed by atoms with Gasteiger partial charge in [0, 0.05) is 18.8 Å². The number of esters is 1. The second-order valence-corrected chi connectivity index (χ2v) is 8.69. The average Bonchev–Trinajstić information content (AvgIpc) is 3.19. The Morgan fingerprint density at radius 2 is 2.06 bits per heavy atom. The van der Waals surface area contributed by atoms with Crippen LogP contribution < -0.4 is 10.1 Å². The Bertz CT molecular complexity index is 988. The lowest BCUT2D eigenvalue weighted by Gasteiger charge is -2.36. The number of ether oxygens (including phenoxy) is 3. The van der Waals surface area contributed by atoms with E-state index in [2.05, 4.69) is 10.3 Å². The number of amides is 1. The Labute approximate surface area is 199 Å². The van der Waals surface area contributed by atoms with E-state index in [0.29, 0.717) is 23.6 Å². The molecule has 9 heteroatoms. The summed E-state index contributed by atoms with van der Waals surface area (Å²) >= 11 is 1.44. The molecule has 2 atom stereocenters. The third kappa shape index (κ3) is 5.78. The molecule has 0 unspecified atom stereocenters. The number of rotatable bonds is 10. The maximum absolute atomic E-state index is 13.2. The number of hydrogen-bond donors (Lipinski definition) is 1. The van der Waals surface area contributed by atoms with Gasteiger partial charge in [-0.05, 0) is 43.4 Å². The Balaban J connectivity index is 1.98. The fourth-order valence-electron chi connectivity index (χ4n) is 3.65. The second-order valence-electron chi connectivity index (χ2n) is 7.85. The number of aliphatic imine (C=N–C) groups is 1. The van der Waals surface area contributed by atoms with Gasteiger partial charge in [-0.2, -0.15) is 0 Å². The zero-order valence-corrected chi connectivity index (χ0v) is 20.5. The number of carbonyl (C=O) groups is 2. The number of carbonyl (C=O) groups excluding carboxylic acids is 2. The van der Waals surface area contributed by atoms with E-state index in [-0.39, 0.29) is 25.0 Å². The fraction of sp³-hybridized carbons (Fsp3) is 0.458. The van der Waals surface area contributed by atoms with Gasteiger partial charge in [0.25, 0.3) is 0 Å². The second kappa shape index (κ2) is 11.4. The highest BCUT2D eigenvalue weighted by atomic mass is 32.2. The Hall–Kier alpha value is -2.78. The first-order valence-corrected chi connectivity index (χ1v) is 11.8. The van der Waals surface area contributed by atoms with E-state index in [1.54, 1.807) is 21.1 Å². The van der Waals surface area contributed by atoms with Crippen LogP contribution in [0.1, 0.15) is 45.2 Å². The molecule has 2 aliphatic heterocycles. The molecule has 1 aromatic rings. The number of nitrogens with zero attached hydrogens (tertiary/aromatic N) is 2. The highest BCUT2D eigenvalue weighted by Gasteiger charge is 2.41. The van der Waals surface area contributed by atoms with Crippen LogP contribution >= 0.6 is 11.8 Å². The van der Waals surface area contributed by atoms with Crippen LogP contribution in [0.25, 0.3) is 0 Å². The van der Waals surface area contributed by atoms with Crippen LogP contribution in [-0.4, -0.2) is 55.4 Å². The quantitative estimate of drug-likeness (QED) is 0.409. The largest absolute Gasteiger partial charge is 0.497 e. The molecule has 1 aromatic carbocycles. The highest BCUT2D eigenvalue weighted by molar-refractivity contribution is 8.16. The van der Waals surface area contributed by atoms with E-state index in [1.807, 2.05) is 48.4 Å². The molecule has 2 heterocycles. The Kier molecular flexibility index (Phi) is 8.57. The standard InChI is InChI=1S/C24H31N3O5S/c1-6-15(2)25-20(28)13-18-14-33-24-26-16(3)21(23(29)32-11-10-30-4)22(27(18)24)17-8-7-9-19(12-17)31-5/h7-9,12,14-15,22H,6,10-11,13H2,1-5H3,(H,25,28)/t15-,22-/m1/s1. The molecule has 0 bridgehead atoms. The fourth-order valence-corrected chi connectivity index (χ4v) is 4.61. The maximum atomic E-state index is 13.2. The number of benzene rings is 1. The van der Waals surface area contributed by atoms with E-state index in [1.165, 1.54) is 11.8 Å². The van der Waals surface area contributed by atoms with Crippen molar-refractivity contribution in [2.75, 3.05) is 27.4 Å². The minimum Gasteiger partial charge on any atom is -0.497 e. The molecule has 0 radical (unpaired) electrons. The summed E-state index contributed by atoms with van der Waals surface area (Å²) in [4.78, 5) is 32.5. The van der Waals surface area contributed by atoms with Gasteiger partial charge in [0.05, 0.1) is 37.4 Å². The van der Waals surface area contributed by atoms with Crippen molar-refractivity contribution in [1.82, 2.24) is 10.2 Å². The minimum absolute atomic E-state index is 0.0719. The number of hydrogen-bond acceptors (Lipinski definition) is 8. The number of allylic oxidation sites excluding steroid dienone is 1. The summed E-state index contributed by atoms with van der Waals surface area (Å²) < 4.78 is 15.9. The zero-order valence-electron chi connectivity index (χ0n) is 19.7. The molecule has 0 saturated carbocycles. The molecule has 0 fully saturated rings. The van der Waals surface area contributed by atoms with Crippen molar-refractivity contribution in [1.29, 1.82) is 0 Å². The monoisotopic (exact) mass is 473 g/mol. The van der Waals surface area contributed by atoms with Gasteiger partial charge in [0.2, 0.25) is 5.91 Å². The van der Waals surface area contributed by atoms with Gasteiger partial charge in [-0.1, -0.05) is 30.8 Å². The number of thioether (sulfide) groups is 1.